The van der Waals surface area contributed by atoms with Gasteiger partial charge in [-0.25, -0.2) is 0 Å². The number of morpholine rings is 1. The van der Waals surface area contributed by atoms with Gasteiger partial charge in [-0.1, -0.05) is 17.7 Å². The normalized spacial score (nSPS) is 24.2. The fourth-order valence-electron chi connectivity index (χ4n) is 3.27. The van der Waals surface area contributed by atoms with Crippen molar-refractivity contribution in [3.63, 3.8) is 0 Å². The fourth-order valence-corrected chi connectivity index (χ4v) is 3.27. The Balaban J connectivity index is 1.50. The largest absolute Gasteiger partial charge is 0.491 e. The van der Waals surface area contributed by atoms with Crippen LogP contribution in [0.4, 0.5) is 0 Å². The maximum absolute atomic E-state index is 10.3. The molecule has 1 aromatic carbocycles. The molecule has 122 valence electrons. The Bertz CT molecular complexity index is 501. The molecule has 1 aliphatic carbocycles. The summed E-state index contributed by atoms with van der Waals surface area (Å²) in [5.41, 5.74) is 2.35. The standard InChI is InChI=1S/C18H27NO3/c1-13-3-6-18(14(2)9-13)22-11-16(20)10-19-7-8-21-12-17(19)15-4-5-15/h3,6,9,15-17,20H,4-5,7-8,10-12H2,1-2H3. The molecule has 2 fully saturated rings. The highest BCUT2D eigenvalue weighted by Crippen LogP contribution is 2.36. The molecule has 2 aliphatic rings. The van der Waals surface area contributed by atoms with E-state index in [1.165, 1.54) is 18.4 Å². The van der Waals surface area contributed by atoms with Crippen molar-refractivity contribution in [3.8, 4) is 5.75 Å². The van der Waals surface area contributed by atoms with Gasteiger partial charge in [0.15, 0.2) is 0 Å². The maximum Gasteiger partial charge on any atom is 0.122 e. The molecule has 0 radical (unpaired) electrons. The van der Waals surface area contributed by atoms with E-state index in [2.05, 4.69) is 17.9 Å². The van der Waals surface area contributed by atoms with Crippen molar-refractivity contribution < 1.29 is 14.6 Å². The average molecular weight is 305 g/mol. The van der Waals surface area contributed by atoms with Gasteiger partial charge in [-0.3, -0.25) is 4.90 Å². The van der Waals surface area contributed by atoms with Crippen molar-refractivity contribution in [2.75, 3.05) is 32.9 Å². The summed E-state index contributed by atoms with van der Waals surface area (Å²) < 4.78 is 11.4. The molecule has 1 aromatic rings. The lowest BCUT2D eigenvalue weighted by Crippen LogP contribution is -2.50. The lowest BCUT2D eigenvalue weighted by atomic mass is 10.1. The van der Waals surface area contributed by atoms with Crippen LogP contribution in [0.1, 0.15) is 24.0 Å². The molecule has 4 nitrogen and oxygen atoms in total. The van der Waals surface area contributed by atoms with Gasteiger partial charge in [-0.15, -0.1) is 0 Å². The van der Waals surface area contributed by atoms with Crippen LogP contribution in [0.3, 0.4) is 0 Å². The Morgan fingerprint density at radius 3 is 2.91 bits per heavy atom. The minimum absolute atomic E-state index is 0.346. The molecule has 1 saturated carbocycles. The number of hydrogen-bond acceptors (Lipinski definition) is 4. The highest BCUT2D eigenvalue weighted by molar-refractivity contribution is 5.35. The summed E-state index contributed by atoms with van der Waals surface area (Å²) in [6, 6.07) is 6.62. The number of ether oxygens (including phenoxy) is 2. The van der Waals surface area contributed by atoms with Crippen molar-refractivity contribution >= 4 is 0 Å². The Labute approximate surface area is 133 Å². The molecule has 3 rings (SSSR count). The van der Waals surface area contributed by atoms with E-state index in [9.17, 15) is 5.11 Å². The summed E-state index contributed by atoms with van der Waals surface area (Å²) in [4.78, 5) is 2.39. The molecule has 1 N–H and O–H groups in total. The number of aliphatic hydroxyl groups is 1. The first-order valence-corrected chi connectivity index (χ1v) is 8.33. The molecule has 0 aromatic heterocycles. The molecular weight excluding hydrogens is 278 g/mol. The fraction of sp³-hybridized carbons (Fsp3) is 0.667. The van der Waals surface area contributed by atoms with Gasteiger partial charge >= 0.3 is 0 Å². The van der Waals surface area contributed by atoms with E-state index in [0.29, 0.717) is 19.2 Å². The molecule has 0 bridgehead atoms. The molecule has 1 heterocycles. The predicted molar refractivity (Wildman–Crippen MR) is 86.3 cm³/mol. The SMILES string of the molecule is Cc1ccc(OCC(O)CN2CCOCC2C2CC2)c(C)c1. The molecule has 22 heavy (non-hydrogen) atoms. The first kappa shape index (κ1) is 15.8. The van der Waals surface area contributed by atoms with E-state index in [4.69, 9.17) is 9.47 Å². The number of nitrogens with zero attached hydrogens (tertiary/aromatic N) is 1. The number of aliphatic hydroxyl groups excluding tert-OH is 1. The molecule has 0 spiro atoms. The van der Waals surface area contributed by atoms with Crippen LogP contribution in [0.25, 0.3) is 0 Å². The first-order chi connectivity index (χ1) is 10.6. The molecule has 4 heteroatoms. The zero-order chi connectivity index (χ0) is 15.5. The monoisotopic (exact) mass is 305 g/mol. The molecular formula is C18H27NO3. The van der Waals surface area contributed by atoms with Crippen LogP contribution >= 0.6 is 0 Å². The van der Waals surface area contributed by atoms with E-state index in [1.807, 2.05) is 19.1 Å². The Kier molecular flexibility index (Phi) is 5.01. The van der Waals surface area contributed by atoms with Gasteiger partial charge in [0.1, 0.15) is 18.5 Å². The summed E-state index contributed by atoms with van der Waals surface area (Å²) in [5, 5.41) is 10.3. The molecule has 1 saturated heterocycles. The molecule has 2 atom stereocenters. The lowest BCUT2D eigenvalue weighted by molar-refractivity contribution is -0.0393. The van der Waals surface area contributed by atoms with Gasteiger partial charge in [-0.2, -0.15) is 0 Å². The Morgan fingerprint density at radius 2 is 2.18 bits per heavy atom. The smallest absolute Gasteiger partial charge is 0.122 e. The maximum atomic E-state index is 10.3. The van der Waals surface area contributed by atoms with Crippen molar-refractivity contribution in [2.24, 2.45) is 5.92 Å². The number of benzene rings is 1. The van der Waals surface area contributed by atoms with E-state index < -0.39 is 6.10 Å². The quantitative estimate of drug-likeness (QED) is 0.874. The van der Waals surface area contributed by atoms with Gasteiger partial charge in [0.25, 0.3) is 0 Å². The van der Waals surface area contributed by atoms with Gasteiger partial charge in [0, 0.05) is 19.1 Å². The van der Waals surface area contributed by atoms with Crippen LogP contribution in [0.15, 0.2) is 18.2 Å². The Morgan fingerprint density at radius 1 is 1.36 bits per heavy atom. The van der Waals surface area contributed by atoms with Gasteiger partial charge < -0.3 is 14.6 Å². The molecule has 1 aliphatic heterocycles. The van der Waals surface area contributed by atoms with E-state index in [-0.39, 0.29) is 0 Å². The summed E-state index contributed by atoms with van der Waals surface area (Å²) in [5.74, 6) is 1.64. The van der Waals surface area contributed by atoms with Gasteiger partial charge in [-0.05, 0) is 44.2 Å². The summed E-state index contributed by atoms with van der Waals surface area (Å²) in [6.45, 7) is 7.64. The zero-order valence-electron chi connectivity index (χ0n) is 13.6. The summed E-state index contributed by atoms with van der Waals surface area (Å²) in [7, 11) is 0. The predicted octanol–water partition coefficient (Wildman–Crippen LogP) is 2.15. The molecule has 2 unspecified atom stereocenters. The van der Waals surface area contributed by atoms with Crippen molar-refractivity contribution in [1.82, 2.24) is 4.90 Å². The van der Waals surface area contributed by atoms with Crippen LogP contribution in [-0.4, -0.2) is 55.1 Å². The minimum Gasteiger partial charge on any atom is -0.491 e. The number of rotatable bonds is 6. The van der Waals surface area contributed by atoms with Crippen LogP contribution in [0.5, 0.6) is 5.75 Å². The second-order valence-electron chi connectivity index (χ2n) is 6.71. The molecule has 0 amide bonds. The van der Waals surface area contributed by atoms with E-state index in [1.54, 1.807) is 0 Å². The number of aryl methyl sites for hydroxylation is 2. The topological polar surface area (TPSA) is 41.9 Å². The Hall–Kier alpha value is -1.10. The third kappa shape index (κ3) is 4.00. The number of hydrogen-bond donors (Lipinski definition) is 1. The van der Waals surface area contributed by atoms with Crippen molar-refractivity contribution in [1.29, 1.82) is 0 Å². The average Bonchev–Trinajstić information content (AvgIpc) is 3.31. The summed E-state index contributed by atoms with van der Waals surface area (Å²) >= 11 is 0. The van der Waals surface area contributed by atoms with Crippen molar-refractivity contribution in [2.45, 2.75) is 38.8 Å². The van der Waals surface area contributed by atoms with Crippen LogP contribution in [0.2, 0.25) is 0 Å². The highest BCUT2D eigenvalue weighted by Gasteiger charge is 2.37. The minimum atomic E-state index is -0.458. The van der Waals surface area contributed by atoms with E-state index >= 15 is 0 Å². The van der Waals surface area contributed by atoms with Crippen LogP contribution in [-0.2, 0) is 4.74 Å². The van der Waals surface area contributed by atoms with E-state index in [0.717, 1.165) is 37.0 Å². The van der Waals surface area contributed by atoms with Crippen LogP contribution < -0.4 is 4.74 Å². The number of β-amino-alcohol motifs (C(OH)–C–C–N with tert-alkyl or cyclic N) is 1. The lowest BCUT2D eigenvalue weighted by Gasteiger charge is -2.36. The first-order valence-electron chi connectivity index (χ1n) is 8.33. The summed E-state index contributed by atoms with van der Waals surface area (Å²) in [6.07, 6.45) is 2.15. The van der Waals surface area contributed by atoms with Gasteiger partial charge in [0.2, 0.25) is 0 Å². The zero-order valence-corrected chi connectivity index (χ0v) is 13.6. The third-order valence-corrected chi connectivity index (χ3v) is 4.65. The van der Waals surface area contributed by atoms with Gasteiger partial charge in [0.05, 0.1) is 13.2 Å². The second-order valence-corrected chi connectivity index (χ2v) is 6.71. The second kappa shape index (κ2) is 6.99. The van der Waals surface area contributed by atoms with Crippen molar-refractivity contribution in [3.05, 3.63) is 29.3 Å². The highest BCUT2D eigenvalue weighted by atomic mass is 16.5. The van der Waals surface area contributed by atoms with Crippen LogP contribution in [0, 0.1) is 19.8 Å². The third-order valence-electron chi connectivity index (χ3n) is 4.65.